The molecule has 0 aromatic carbocycles. The van der Waals surface area contributed by atoms with Crippen LogP contribution < -0.4 is 0 Å². The zero-order valence-corrected chi connectivity index (χ0v) is 33.4. The Morgan fingerprint density at radius 3 is 1.31 bits per heavy atom. The summed E-state index contributed by atoms with van der Waals surface area (Å²) in [6.07, 6.45) is 45.3. The summed E-state index contributed by atoms with van der Waals surface area (Å²) in [4.78, 5) is 37.5. The van der Waals surface area contributed by atoms with E-state index in [1.807, 2.05) is 0 Å². The van der Waals surface area contributed by atoms with Crippen LogP contribution in [0.1, 0.15) is 201 Å². The van der Waals surface area contributed by atoms with Crippen LogP contribution in [0.25, 0.3) is 0 Å². The van der Waals surface area contributed by atoms with Gasteiger partial charge in [0.05, 0.1) is 0 Å². The summed E-state index contributed by atoms with van der Waals surface area (Å²) >= 11 is 0. The maximum atomic E-state index is 12.7. The van der Waals surface area contributed by atoms with Crippen LogP contribution in [0.15, 0.2) is 48.6 Å². The van der Waals surface area contributed by atoms with Crippen molar-refractivity contribution in [3.63, 3.8) is 0 Å². The van der Waals surface area contributed by atoms with Gasteiger partial charge in [0.2, 0.25) is 0 Å². The smallest absolute Gasteiger partial charge is 0.306 e. The lowest BCUT2D eigenvalue weighted by Gasteiger charge is -2.18. The van der Waals surface area contributed by atoms with E-state index in [1.165, 1.54) is 57.8 Å². The molecule has 0 bridgehead atoms. The third kappa shape index (κ3) is 38.4. The molecule has 0 saturated carbocycles. The molecule has 6 nitrogen and oxygen atoms in total. The highest BCUT2D eigenvalue weighted by Gasteiger charge is 2.19. The molecule has 0 aromatic heterocycles. The summed E-state index contributed by atoms with van der Waals surface area (Å²) in [5.74, 6) is -0.959. The zero-order valence-electron chi connectivity index (χ0n) is 33.4. The summed E-state index contributed by atoms with van der Waals surface area (Å²) in [6, 6.07) is 0. The molecule has 0 N–H and O–H groups in total. The van der Waals surface area contributed by atoms with Crippen molar-refractivity contribution in [3.05, 3.63) is 48.6 Å². The summed E-state index contributed by atoms with van der Waals surface area (Å²) in [5.41, 5.74) is 0. The number of carbonyl (C=O) groups excluding carboxylic acids is 3. The zero-order chi connectivity index (χ0) is 37.3. The molecule has 0 rings (SSSR count). The van der Waals surface area contributed by atoms with Gasteiger partial charge in [-0.3, -0.25) is 14.4 Å². The number of unbranched alkanes of at least 4 members (excludes halogenated alkanes) is 18. The lowest BCUT2D eigenvalue weighted by molar-refractivity contribution is -0.167. The number of rotatable bonds is 37. The summed E-state index contributed by atoms with van der Waals surface area (Å²) in [5, 5.41) is 0. The van der Waals surface area contributed by atoms with Crippen molar-refractivity contribution < 1.29 is 28.6 Å². The van der Waals surface area contributed by atoms with Gasteiger partial charge in [-0.25, -0.2) is 0 Å². The van der Waals surface area contributed by atoms with E-state index in [2.05, 4.69) is 69.4 Å². The third-order valence-corrected chi connectivity index (χ3v) is 8.79. The van der Waals surface area contributed by atoms with Crippen LogP contribution >= 0.6 is 0 Å². The molecular weight excluding hydrogens is 636 g/mol. The first-order valence-electron chi connectivity index (χ1n) is 21.1. The van der Waals surface area contributed by atoms with Crippen molar-refractivity contribution in [2.75, 3.05) is 13.2 Å². The predicted octanol–water partition coefficient (Wildman–Crippen LogP) is 13.2. The van der Waals surface area contributed by atoms with Gasteiger partial charge in [0.15, 0.2) is 6.10 Å². The Morgan fingerprint density at radius 2 is 0.784 bits per heavy atom. The van der Waals surface area contributed by atoms with Gasteiger partial charge >= 0.3 is 17.9 Å². The number of ether oxygens (including phenoxy) is 3. The van der Waals surface area contributed by atoms with Gasteiger partial charge in [-0.15, -0.1) is 0 Å². The lowest BCUT2D eigenvalue weighted by Crippen LogP contribution is -2.30. The molecule has 0 fully saturated rings. The summed E-state index contributed by atoms with van der Waals surface area (Å²) in [6.45, 7) is 6.40. The molecule has 0 amide bonds. The Hall–Kier alpha value is -2.63. The van der Waals surface area contributed by atoms with Gasteiger partial charge in [-0.2, -0.15) is 0 Å². The number of allylic oxidation sites excluding steroid dienone is 8. The quantitative estimate of drug-likeness (QED) is 0.0276. The van der Waals surface area contributed by atoms with E-state index in [1.54, 1.807) is 0 Å². The lowest BCUT2D eigenvalue weighted by atomic mass is 10.1. The second kappa shape index (κ2) is 40.1. The topological polar surface area (TPSA) is 78.9 Å². The maximum absolute atomic E-state index is 12.7. The van der Waals surface area contributed by atoms with Crippen molar-refractivity contribution in [1.82, 2.24) is 0 Å². The molecule has 0 saturated heterocycles. The first-order valence-corrected chi connectivity index (χ1v) is 21.1. The first-order chi connectivity index (χ1) is 25.0. The van der Waals surface area contributed by atoms with Crippen LogP contribution in [0.4, 0.5) is 0 Å². The van der Waals surface area contributed by atoms with E-state index < -0.39 is 6.10 Å². The fraction of sp³-hybridized carbons (Fsp3) is 0.756. The van der Waals surface area contributed by atoms with E-state index in [4.69, 9.17) is 14.2 Å². The summed E-state index contributed by atoms with van der Waals surface area (Å²) in [7, 11) is 0. The SMILES string of the molecule is CC/C=C\C/C=C\CCCCCCCC(=O)OCC(COC(=O)CCC/C=C\CCCCCC)OC(=O)CCCCCCC/C=C\CCCCC. The molecule has 0 aliphatic carbocycles. The Kier molecular flexibility index (Phi) is 38.1. The van der Waals surface area contributed by atoms with Gasteiger partial charge in [0.25, 0.3) is 0 Å². The fourth-order valence-electron chi connectivity index (χ4n) is 5.59. The summed E-state index contributed by atoms with van der Waals surface area (Å²) < 4.78 is 16.6. The van der Waals surface area contributed by atoms with Crippen molar-refractivity contribution in [2.45, 2.75) is 207 Å². The number of hydrogen-bond donors (Lipinski definition) is 0. The maximum Gasteiger partial charge on any atom is 0.306 e. The molecule has 0 aliphatic heterocycles. The minimum absolute atomic E-state index is 0.0929. The highest BCUT2D eigenvalue weighted by molar-refractivity contribution is 5.71. The van der Waals surface area contributed by atoms with Gasteiger partial charge in [0.1, 0.15) is 13.2 Å². The number of hydrogen-bond acceptors (Lipinski definition) is 6. The second-order valence-corrected chi connectivity index (χ2v) is 13.9. The fourth-order valence-corrected chi connectivity index (χ4v) is 5.59. The first kappa shape index (κ1) is 48.4. The third-order valence-electron chi connectivity index (χ3n) is 8.79. The van der Waals surface area contributed by atoms with Crippen LogP contribution in [-0.4, -0.2) is 37.2 Å². The molecule has 0 aliphatic rings. The Morgan fingerprint density at radius 1 is 0.412 bits per heavy atom. The highest BCUT2D eigenvalue weighted by Crippen LogP contribution is 2.12. The molecule has 1 atom stereocenters. The largest absolute Gasteiger partial charge is 0.462 e. The van der Waals surface area contributed by atoms with Crippen molar-refractivity contribution in [2.24, 2.45) is 0 Å². The minimum Gasteiger partial charge on any atom is -0.462 e. The Labute approximate surface area is 314 Å². The number of esters is 3. The molecule has 0 radical (unpaired) electrons. The molecule has 1 unspecified atom stereocenters. The highest BCUT2D eigenvalue weighted by atomic mass is 16.6. The van der Waals surface area contributed by atoms with E-state index in [9.17, 15) is 14.4 Å². The van der Waals surface area contributed by atoms with E-state index in [-0.39, 0.29) is 31.1 Å². The van der Waals surface area contributed by atoms with Gasteiger partial charge < -0.3 is 14.2 Å². The monoisotopic (exact) mass is 715 g/mol. The second-order valence-electron chi connectivity index (χ2n) is 13.9. The van der Waals surface area contributed by atoms with Gasteiger partial charge in [-0.05, 0) is 89.9 Å². The van der Waals surface area contributed by atoms with E-state index >= 15 is 0 Å². The van der Waals surface area contributed by atoms with Gasteiger partial charge in [0, 0.05) is 19.3 Å². The number of carbonyl (C=O) groups is 3. The van der Waals surface area contributed by atoms with Gasteiger partial charge in [-0.1, -0.05) is 140 Å². The molecule has 6 heteroatoms. The van der Waals surface area contributed by atoms with Crippen molar-refractivity contribution >= 4 is 17.9 Å². The van der Waals surface area contributed by atoms with E-state index in [0.29, 0.717) is 25.7 Å². The molecule has 0 aromatic rings. The van der Waals surface area contributed by atoms with Crippen molar-refractivity contribution in [1.29, 1.82) is 0 Å². The Balaban J connectivity index is 4.43. The standard InChI is InChI=1S/C45H78O6/c1-4-7-10-13-16-19-21-23-26-29-32-35-38-44(47)50-41-42(40-49-43(46)37-34-31-28-25-18-15-12-9-6-3)51-45(48)39-36-33-30-27-24-22-20-17-14-11-8-5-2/h7,10,16-17,19-20,25,28,42H,4-6,8-9,11-15,18,21-24,26-27,29-41H2,1-3H3/b10-7-,19-16-,20-17-,28-25-. The average Bonchev–Trinajstić information content (AvgIpc) is 3.12. The van der Waals surface area contributed by atoms with Crippen LogP contribution in [0.2, 0.25) is 0 Å². The van der Waals surface area contributed by atoms with Crippen LogP contribution in [0.3, 0.4) is 0 Å². The van der Waals surface area contributed by atoms with E-state index in [0.717, 1.165) is 96.3 Å². The molecule has 0 spiro atoms. The molecular formula is C45H78O6. The predicted molar refractivity (Wildman–Crippen MR) is 215 cm³/mol. The molecule has 0 heterocycles. The normalized spacial score (nSPS) is 12.5. The minimum atomic E-state index is -0.789. The Bertz CT molecular complexity index is 918. The van der Waals surface area contributed by atoms with Crippen LogP contribution in [-0.2, 0) is 28.6 Å². The molecule has 294 valence electrons. The molecule has 51 heavy (non-hydrogen) atoms. The average molecular weight is 715 g/mol. The van der Waals surface area contributed by atoms with Crippen LogP contribution in [0.5, 0.6) is 0 Å². The van der Waals surface area contributed by atoms with Crippen LogP contribution in [0, 0.1) is 0 Å². The van der Waals surface area contributed by atoms with Crippen molar-refractivity contribution in [3.8, 4) is 0 Å².